The smallest absolute Gasteiger partial charge is 0.387 e. The van der Waals surface area contributed by atoms with Crippen LogP contribution in [0, 0.1) is 0 Å². The summed E-state index contributed by atoms with van der Waals surface area (Å²) >= 11 is 1.59. The maximum absolute atomic E-state index is 12.3. The molecule has 0 saturated heterocycles. The Labute approximate surface area is 114 Å². The minimum absolute atomic E-state index is 0.0373. The van der Waals surface area contributed by atoms with E-state index in [0.717, 1.165) is 5.56 Å². The summed E-state index contributed by atoms with van der Waals surface area (Å²) in [6, 6.07) is 8.33. The van der Waals surface area contributed by atoms with Crippen LogP contribution in [-0.2, 0) is 6.42 Å². The highest BCUT2D eigenvalue weighted by molar-refractivity contribution is 7.07. The van der Waals surface area contributed by atoms with Gasteiger partial charge in [-0.05, 0) is 41.3 Å². The molecule has 0 amide bonds. The molecule has 0 aliphatic carbocycles. The van der Waals surface area contributed by atoms with E-state index in [-0.39, 0.29) is 5.75 Å². The van der Waals surface area contributed by atoms with Gasteiger partial charge in [-0.3, -0.25) is 0 Å². The van der Waals surface area contributed by atoms with Crippen molar-refractivity contribution in [2.24, 2.45) is 0 Å². The summed E-state index contributed by atoms with van der Waals surface area (Å²) < 4.78 is 29.0. The van der Waals surface area contributed by atoms with Crippen molar-refractivity contribution in [3.05, 3.63) is 52.2 Å². The highest BCUT2D eigenvalue weighted by atomic mass is 32.1. The third-order valence-corrected chi connectivity index (χ3v) is 3.51. The largest absolute Gasteiger partial charge is 0.434 e. The Kier molecular flexibility index (Phi) is 4.87. The molecule has 1 aromatic carbocycles. The van der Waals surface area contributed by atoms with Gasteiger partial charge in [0.2, 0.25) is 0 Å². The summed E-state index contributed by atoms with van der Waals surface area (Å²) in [5.41, 5.74) is 1.54. The van der Waals surface area contributed by atoms with Crippen LogP contribution in [0.15, 0.2) is 41.1 Å². The molecule has 0 radical (unpaired) electrons. The van der Waals surface area contributed by atoms with Crippen LogP contribution in [0.1, 0.15) is 23.7 Å². The summed E-state index contributed by atoms with van der Waals surface area (Å²) in [6.45, 7) is -2.88. The lowest BCUT2D eigenvalue weighted by molar-refractivity contribution is -0.0516. The van der Waals surface area contributed by atoms with Crippen molar-refractivity contribution in [1.82, 2.24) is 0 Å². The van der Waals surface area contributed by atoms with Gasteiger partial charge in [-0.15, -0.1) is 0 Å². The number of ether oxygens (including phenoxy) is 1. The van der Waals surface area contributed by atoms with Gasteiger partial charge in [-0.25, -0.2) is 0 Å². The number of halogens is 2. The molecular weight excluding hydrogens is 270 g/mol. The van der Waals surface area contributed by atoms with E-state index in [1.807, 2.05) is 16.8 Å². The molecule has 0 fully saturated rings. The molecule has 2 nitrogen and oxygen atoms in total. The Balaban J connectivity index is 2.03. The minimum Gasteiger partial charge on any atom is -0.434 e. The van der Waals surface area contributed by atoms with Crippen molar-refractivity contribution >= 4 is 11.3 Å². The Morgan fingerprint density at radius 2 is 2.00 bits per heavy atom. The van der Waals surface area contributed by atoms with E-state index in [9.17, 15) is 13.9 Å². The number of rotatable bonds is 6. The van der Waals surface area contributed by atoms with Crippen molar-refractivity contribution in [3.8, 4) is 5.75 Å². The number of hydrogen-bond donors (Lipinski definition) is 1. The van der Waals surface area contributed by atoms with E-state index in [0.29, 0.717) is 18.4 Å². The molecule has 1 N–H and O–H groups in total. The molecule has 1 unspecified atom stereocenters. The normalized spacial score (nSPS) is 12.6. The van der Waals surface area contributed by atoms with Crippen LogP contribution in [0.3, 0.4) is 0 Å². The summed E-state index contributed by atoms with van der Waals surface area (Å²) in [5, 5.41) is 14.1. The highest BCUT2D eigenvalue weighted by Crippen LogP contribution is 2.29. The lowest BCUT2D eigenvalue weighted by atomic mass is 10.0. The van der Waals surface area contributed by atoms with Crippen molar-refractivity contribution in [3.63, 3.8) is 0 Å². The average Bonchev–Trinajstić information content (AvgIpc) is 2.89. The van der Waals surface area contributed by atoms with E-state index < -0.39 is 12.7 Å². The first-order valence-corrected chi connectivity index (χ1v) is 6.84. The van der Waals surface area contributed by atoms with Gasteiger partial charge in [0.1, 0.15) is 5.75 Å². The monoisotopic (exact) mass is 284 g/mol. The Morgan fingerprint density at radius 3 is 2.68 bits per heavy atom. The average molecular weight is 284 g/mol. The molecule has 0 spiro atoms. The molecule has 19 heavy (non-hydrogen) atoms. The maximum Gasteiger partial charge on any atom is 0.387 e. The second-order valence-electron chi connectivity index (χ2n) is 4.10. The fraction of sp³-hybridized carbons (Fsp3) is 0.286. The Bertz CT molecular complexity index is 500. The van der Waals surface area contributed by atoms with Crippen LogP contribution in [0.25, 0.3) is 0 Å². The number of para-hydroxylation sites is 1. The first-order valence-electron chi connectivity index (χ1n) is 5.89. The number of benzene rings is 1. The second-order valence-corrected chi connectivity index (χ2v) is 4.88. The molecule has 2 aromatic rings. The molecule has 2 rings (SSSR count). The third kappa shape index (κ3) is 4.01. The zero-order valence-corrected chi connectivity index (χ0v) is 10.9. The van der Waals surface area contributed by atoms with Gasteiger partial charge < -0.3 is 9.84 Å². The van der Waals surface area contributed by atoms with Gasteiger partial charge in [0.25, 0.3) is 0 Å². The van der Waals surface area contributed by atoms with Crippen LogP contribution >= 0.6 is 11.3 Å². The van der Waals surface area contributed by atoms with E-state index in [4.69, 9.17) is 0 Å². The van der Waals surface area contributed by atoms with Crippen LogP contribution in [0.4, 0.5) is 8.78 Å². The van der Waals surface area contributed by atoms with E-state index in [2.05, 4.69) is 4.74 Å². The fourth-order valence-corrected chi connectivity index (χ4v) is 2.56. The first-order chi connectivity index (χ1) is 9.16. The van der Waals surface area contributed by atoms with Gasteiger partial charge in [0.05, 0.1) is 6.10 Å². The van der Waals surface area contributed by atoms with Crippen molar-refractivity contribution in [2.45, 2.75) is 25.6 Å². The lowest BCUT2D eigenvalue weighted by Gasteiger charge is -2.15. The minimum atomic E-state index is -2.88. The topological polar surface area (TPSA) is 29.5 Å². The van der Waals surface area contributed by atoms with Crippen molar-refractivity contribution in [1.29, 1.82) is 0 Å². The van der Waals surface area contributed by atoms with E-state index in [1.54, 1.807) is 29.5 Å². The van der Waals surface area contributed by atoms with Gasteiger partial charge in [-0.2, -0.15) is 20.1 Å². The zero-order chi connectivity index (χ0) is 13.7. The molecule has 1 aromatic heterocycles. The molecule has 5 heteroatoms. The van der Waals surface area contributed by atoms with E-state index in [1.165, 1.54) is 6.07 Å². The summed E-state index contributed by atoms with van der Waals surface area (Å²) in [7, 11) is 0. The molecule has 0 aliphatic rings. The number of hydrogen-bond acceptors (Lipinski definition) is 3. The van der Waals surface area contributed by atoms with Crippen molar-refractivity contribution < 1.29 is 18.6 Å². The summed E-state index contributed by atoms with van der Waals surface area (Å²) in [6.07, 6.45) is 0.364. The molecular formula is C14H14F2O2S. The molecule has 0 aliphatic heterocycles. The molecule has 0 bridgehead atoms. The molecule has 0 saturated carbocycles. The summed E-state index contributed by atoms with van der Waals surface area (Å²) in [5.74, 6) is 0.0373. The van der Waals surface area contributed by atoms with Gasteiger partial charge in [-0.1, -0.05) is 18.2 Å². The molecule has 102 valence electrons. The number of aliphatic hydroxyl groups excluding tert-OH is 1. The summed E-state index contributed by atoms with van der Waals surface area (Å²) in [4.78, 5) is 0. The standard InChI is InChI=1S/C14H14F2O2S/c15-14(16)18-13-4-2-1-3-11(13)12(17)6-5-10-7-8-19-9-10/h1-4,7-9,12,14,17H,5-6H2. The predicted octanol–water partition coefficient (Wildman–Crippen LogP) is 4.02. The van der Waals surface area contributed by atoms with Crippen LogP contribution in [0.2, 0.25) is 0 Å². The first kappa shape index (κ1) is 14.0. The van der Waals surface area contributed by atoms with Crippen LogP contribution < -0.4 is 4.74 Å². The Morgan fingerprint density at radius 1 is 1.21 bits per heavy atom. The van der Waals surface area contributed by atoms with Crippen molar-refractivity contribution in [2.75, 3.05) is 0 Å². The van der Waals surface area contributed by atoms with Crippen LogP contribution in [-0.4, -0.2) is 11.7 Å². The lowest BCUT2D eigenvalue weighted by Crippen LogP contribution is -2.07. The third-order valence-electron chi connectivity index (χ3n) is 2.78. The quantitative estimate of drug-likeness (QED) is 0.868. The predicted molar refractivity (Wildman–Crippen MR) is 70.7 cm³/mol. The van der Waals surface area contributed by atoms with Crippen LogP contribution in [0.5, 0.6) is 5.75 Å². The molecule has 1 atom stereocenters. The second kappa shape index (κ2) is 6.63. The number of thiophene rings is 1. The van der Waals surface area contributed by atoms with Gasteiger partial charge in [0.15, 0.2) is 0 Å². The number of aryl methyl sites for hydroxylation is 1. The van der Waals surface area contributed by atoms with Gasteiger partial charge >= 0.3 is 6.61 Å². The number of alkyl halides is 2. The fourth-order valence-electron chi connectivity index (χ4n) is 1.85. The van der Waals surface area contributed by atoms with E-state index >= 15 is 0 Å². The highest BCUT2D eigenvalue weighted by Gasteiger charge is 2.15. The number of aliphatic hydroxyl groups is 1. The maximum atomic E-state index is 12.3. The SMILES string of the molecule is OC(CCc1ccsc1)c1ccccc1OC(F)F. The zero-order valence-electron chi connectivity index (χ0n) is 10.1. The Hall–Kier alpha value is -1.46. The van der Waals surface area contributed by atoms with Gasteiger partial charge in [0, 0.05) is 5.56 Å². The molecule has 1 heterocycles.